The van der Waals surface area contributed by atoms with Crippen LogP contribution in [0, 0.1) is 0 Å². The number of rotatable bonds is 5. The second-order valence-corrected chi connectivity index (χ2v) is 5.08. The Bertz CT molecular complexity index is 874. The van der Waals surface area contributed by atoms with E-state index in [1.54, 1.807) is 25.3 Å². The van der Waals surface area contributed by atoms with Crippen LogP contribution in [0.3, 0.4) is 0 Å². The third-order valence-electron chi connectivity index (χ3n) is 3.52. The summed E-state index contributed by atoms with van der Waals surface area (Å²) in [5.41, 5.74) is 6.92. The molecule has 0 fully saturated rings. The Balaban J connectivity index is 0.00000208. The Kier molecular flexibility index (Phi) is 5.84. The number of nitrogens with two attached hydrogens (primary N) is 1. The topological polar surface area (TPSA) is 74.7 Å². The number of benzene rings is 2. The zero-order valence-corrected chi connectivity index (χ0v) is 14.0. The lowest BCUT2D eigenvalue weighted by atomic mass is 10.2. The first-order valence-electron chi connectivity index (χ1n) is 7.22. The summed E-state index contributed by atoms with van der Waals surface area (Å²) in [6.45, 7) is 0.596. The highest BCUT2D eigenvalue weighted by Gasteiger charge is 2.06. The summed E-state index contributed by atoms with van der Waals surface area (Å²) in [7, 11) is 1.63. The highest BCUT2D eigenvalue weighted by atomic mass is 35.5. The van der Waals surface area contributed by atoms with Gasteiger partial charge in [0.1, 0.15) is 29.4 Å². The molecule has 0 aliphatic rings. The Morgan fingerprint density at radius 3 is 2.42 bits per heavy atom. The molecular weight excluding hydrogens is 330 g/mol. The number of fused-ring (bicyclic) bond motifs is 1. The monoisotopic (exact) mass is 347 g/mol. The van der Waals surface area contributed by atoms with Crippen LogP contribution in [0.5, 0.6) is 11.5 Å². The van der Waals surface area contributed by atoms with Crippen LogP contribution in [-0.4, -0.2) is 7.11 Å². The number of ether oxygens (including phenoxy) is 2. The summed E-state index contributed by atoms with van der Waals surface area (Å²) in [6, 6.07) is 14.2. The largest absolute Gasteiger partial charge is 0.497 e. The molecule has 0 bridgehead atoms. The minimum absolute atomic E-state index is 0. The van der Waals surface area contributed by atoms with Gasteiger partial charge in [-0.2, -0.15) is 0 Å². The van der Waals surface area contributed by atoms with Crippen LogP contribution in [0.2, 0.25) is 0 Å². The normalized spacial score (nSPS) is 10.2. The van der Waals surface area contributed by atoms with Gasteiger partial charge in [-0.05, 0) is 29.8 Å². The third kappa shape index (κ3) is 3.88. The summed E-state index contributed by atoms with van der Waals surface area (Å²) in [4.78, 5) is 11.9. The fourth-order valence-corrected chi connectivity index (χ4v) is 2.26. The van der Waals surface area contributed by atoms with E-state index in [4.69, 9.17) is 19.6 Å². The lowest BCUT2D eigenvalue weighted by Crippen LogP contribution is -2.05. The van der Waals surface area contributed by atoms with Gasteiger partial charge in [-0.15, -0.1) is 12.4 Å². The fourth-order valence-electron chi connectivity index (χ4n) is 2.26. The Morgan fingerprint density at radius 1 is 1.04 bits per heavy atom. The van der Waals surface area contributed by atoms with Gasteiger partial charge in [0.25, 0.3) is 0 Å². The molecule has 0 radical (unpaired) electrons. The van der Waals surface area contributed by atoms with Crippen LogP contribution in [0.15, 0.2) is 57.7 Å². The summed E-state index contributed by atoms with van der Waals surface area (Å²) >= 11 is 0. The maximum atomic E-state index is 11.9. The van der Waals surface area contributed by atoms with Gasteiger partial charge >= 0.3 is 0 Å². The smallest absolute Gasteiger partial charge is 0.193 e. The second kappa shape index (κ2) is 7.86. The first-order chi connectivity index (χ1) is 11.2. The molecule has 2 aromatic carbocycles. The predicted octanol–water partition coefficient (Wildman–Crippen LogP) is 3.26. The van der Waals surface area contributed by atoms with Crippen molar-refractivity contribution in [2.24, 2.45) is 5.73 Å². The molecule has 0 unspecified atom stereocenters. The quantitative estimate of drug-likeness (QED) is 0.766. The molecular formula is C18H18ClNO4. The standard InChI is InChI=1S/C18H17NO4.ClH/c1-21-13-4-2-12(3-5-13)11-22-14-6-7-16-17(20)8-15(10-19)23-18(16)9-14;/h2-9H,10-11,19H2,1H3;1H. The van der Waals surface area contributed by atoms with Gasteiger partial charge < -0.3 is 19.6 Å². The molecule has 0 spiro atoms. The molecule has 126 valence electrons. The van der Waals surface area contributed by atoms with Crippen molar-refractivity contribution in [3.8, 4) is 11.5 Å². The van der Waals surface area contributed by atoms with Gasteiger partial charge in [0.2, 0.25) is 0 Å². The molecule has 0 saturated carbocycles. The van der Waals surface area contributed by atoms with Crippen LogP contribution in [-0.2, 0) is 13.2 Å². The van der Waals surface area contributed by atoms with Crippen molar-refractivity contribution in [1.82, 2.24) is 0 Å². The summed E-state index contributed by atoms with van der Waals surface area (Å²) in [5, 5.41) is 0.513. The molecule has 0 amide bonds. The van der Waals surface area contributed by atoms with Gasteiger partial charge in [0.05, 0.1) is 19.0 Å². The molecule has 0 saturated heterocycles. The maximum Gasteiger partial charge on any atom is 0.193 e. The fraction of sp³-hybridized carbons (Fsp3) is 0.167. The molecule has 0 atom stereocenters. The van der Waals surface area contributed by atoms with Gasteiger partial charge in [0.15, 0.2) is 5.43 Å². The summed E-state index contributed by atoms with van der Waals surface area (Å²) < 4.78 is 16.5. The SMILES string of the molecule is COc1ccc(COc2ccc3c(=O)cc(CN)oc3c2)cc1.Cl. The van der Waals surface area contributed by atoms with E-state index < -0.39 is 0 Å². The molecule has 3 rings (SSSR count). The Labute approximate surface area is 145 Å². The van der Waals surface area contributed by atoms with Crippen LogP contribution in [0.1, 0.15) is 11.3 Å². The molecule has 1 heterocycles. The van der Waals surface area contributed by atoms with Crippen molar-refractivity contribution in [2.75, 3.05) is 7.11 Å². The lowest BCUT2D eigenvalue weighted by Gasteiger charge is -2.08. The zero-order chi connectivity index (χ0) is 16.2. The highest BCUT2D eigenvalue weighted by Crippen LogP contribution is 2.21. The average molecular weight is 348 g/mol. The third-order valence-corrected chi connectivity index (χ3v) is 3.52. The second-order valence-electron chi connectivity index (χ2n) is 5.08. The summed E-state index contributed by atoms with van der Waals surface area (Å²) in [5.74, 6) is 1.89. The zero-order valence-electron chi connectivity index (χ0n) is 13.2. The van der Waals surface area contributed by atoms with Crippen molar-refractivity contribution in [3.05, 3.63) is 70.1 Å². The van der Waals surface area contributed by atoms with E-state index in [2.05, 4.69) is 0 Å². The molecule has 5 nitrogen and oxygen atoms in total. The maximum absolute atomic E-state index is 11.9. The Hall–Kier alpha value is -2.50. The van der Waals surface area contributed by atoms with E-state index >= 15 is 0 Å². The molecule has 3 aromatic rings. The van der Waals surface area contributed by atoms with Crippen LogP contribution >= 0.6 is 12.4 Å². The van der Waals surface area contributed by atoms with Gasteiger partial charge in [-0.25, -0.2) is 0 Å². The first-order valence-corrected chi connectivity index (χ1v) is 7.22. The number of hydrogen-bond acceptors (Lipinski definition) is 5. The lowest BCUT2D eigenvalue weighted by molar-refractivity contribution is 0.306. The number of hydrogen-bond donors (Lipinski definition) is 1. The first kappa shape index (κ1) is 17.8. The molecule has 1 aromatic heterocycles. The molecule has 24 heavy (non-hydrogen) atoms. The minimum Gasteiger partial charge on any atom is -0.497 e. The van der Waals surface area contributed by atoms with E-state index in [-0.39, 0.29) is 24.4 Å². The molecule has 2 N–H and O–H groups in total. The van der Waals surface area contributed by atoms with E-state index in [0.29, 0.717) is 29.1 Å². The van der Waals surface area contributed by atoms with Crippen molar-refractivity contribution in [3.63, 3.8) is 0 Å². The predicted molar refractivity (Wildman–Crippen MR) is 94.9 cm³/mol. The minimum atomic E-state index is -0.103. The van der Waals surface area contributed by atoms with Gasteiger partial charge in [-0.3, -0.25) is 4.79 Å². The number of methoxy groups -OCH3 is 1. The van der Waals surface area contributed by atoms with Crippen LogP contribution in [0.4, 0.5) is 0 Å². The van der Waals surface area contributed by atoms with Gasteiger partial charge in [-0.1, -0.05) is 12.1 Å². The number of halogens is 1. The van der Waals surface area contributed by atoms with Crippen molar-refractivity contribution in [1.29, 1.82) is 0 Å². The molecule has 0 aliphatic carbocycles. The van der Waals surface area contributed by atoms with E-state index in [0.717, 1.165) is 11.3 Å². The molecule has 0 aliphatic heterocycles. The van der Waals surface area contributed by atoms with Crippen molar-refractivity contribution >= 4 is 23.4 Å². The highest BCUT2D eigenvalue weighted by molar-refractivity contribution is 5.85. The van der Waals surface area contributed by atoms with Crippen molar-refractivity contribution < 1.29 is 13.9 Å². The van der Waals surface area contributed by atoms with Crippen molar-refractivity contribution in [2.45, 2.75) is 13.2 Å². The Morgan fingerprint density at radius 2 is 1.75 bits per heavy atom. The van der Waals surface area contributed by atoms with Gasteiger partial charge in [0, 0.05) is 12.1 Å². The van der Waals surface area contributed by atoms with E-state index in [1.165, 1.54) is 6.07 Å². The van der Waals surface area contributed by atoms with E-state index in [9.17, 15) is 4.79 Å². The average Bonchev–Trinajstić information content (AvgIpc) is 2.60. The van der Waals surface area contributed by atoms with Crippen LogP contribution < -0.4 is 20.6 Å². The van der Waals surface area contributed by atoms with Crippen LogP contribution in [0.25, 0.3) is 11.0 Å². The summed E-state index contributed by atoms with van der Waals surface area (Å²) in [6.07, 6.45) is 0. The molecule has 6 heteroatoms. The van der Waals surface area contributed by atoms with E-state index in [1.807, 2.05) is 24.3 Å².